The van der Waals surface area contributed by atoms with E-state index in [-0.39, 0.29) is 5.91 Å². The van der Waals surface area contributed by atoms with Gasteiger partial charge in [-0.25, -0.2) is 0 Å². The van der Waals surface area contributed by atoms with Crippen LogP contribution in [0, 0.1) is 5.92 Å². The van der Waals surface area contributed by atoms with E-state index >= 15 is 0 Å². The molecule has 0 aromatic carbocycles. The summed E-state index contributed by atoms with van der Waals surface area (Å²) in [5, 5.41) is 6.50. The maximum Gasteiger partial charge on any atom is 0.221 e. The molecule has 16 heavy (non-hydrogen) atoms. The van der Waals surface area contributed by atoms with Gasteiger partial charge in [0.2, 0.25) is 5.91 Å². The van der Waals surface area contributed by atoms with Crippen LogP contribution in [0.3, 0.4) is 0 Å². The van der Waals surface area contributed by atoms with Crippen molar-refractivity contribution in [2.75, 3.05) is 6.54 Å². The van der Waals surface area contributed by atoms with Crippen molar-refractivity contribution in [2.24, 2.45) is 5.92 Å². The molecule has 1 rings (SSSR count). The molecule has 0 spiro atoms. The molecular weight excluding hydrogens is 200 g/mol. The largest absolute Gasteiger partial charge is 0.356 e. The predicted molar refractivity (Wildman–Crippen MR) is 67.3 cm³/mol. The molecule has 0 saturated carbocycles. The molecule has 2 atom stereocenters. The first-order valence-corrected chi connectivity index (χ1v) is 6.60. The molecular formula is C13H26N2O. The van der Waals surface area contributed by atoms with Crippen molar-refractivity contribution in [3.8, 4) is 0 Å². The Kier molecular flexibility index (Phi) is 5.81. The lowest BCUT2D eigenvalue weighted by molar-refractivity contribution is -0.121. The first-order chi connectivity index (χ1) is 7.58. The maximum atomic E-state index is 11.4. The second-order valence-corrected chi connectivity index (χ2v) is 5.43. The van der Waals surface area contributed by atoms with Crippen LogP contribution in [0.5, 0.6) is 0 Å². The summed E-state index contributed by atoms with van der Waals surface area (Å²) in [5.74, 6) is 0.966. The van der Waals surface area contributed by atoms with E-state index in [0.29, 0.717) is 18.5 Å². The zero-order valence-corrected chi connectivity index (χ0v) is 10.9. The van der Waals surface area contributed by atoms with E-state index < -0.39 is 0 Å². The van der Waals surface area contributed by atoms with E-state index in [1.54, 1.807) is 0 Å². The first-order valence-electron chi connectivity index (χ1n) is 6.60. The van der Waals surface area contributed by atoms with Crippen LogP contribution in [0.4, 0.5) is 0 Å². The second-order valence-electron chi connectivity index (χ2n) is 5.43. The maximum absolute atomic E-state index is 11.4. The average Bonchev–Trinajstić information content (AvgIpc) is 2.40. The second kappa shape index (κ2) is 6.89. The zero-order valence-electron chi connectivity index (χ0n) is 10.9. The molecule has 2 unspecified atom stereocenters. The Morgan fingerprint density at radius 2 is 2.12 bits per heavy atom. The van der Waals surface area contributed by atoms with Gasteiger partial charge in [0, 0.05) is 25.0 Å². The van der Waals surface area contributed by atoms with Crippen LogP contribution in [0.2, 0.25) is 0 Å². The number of carbonyl (C=O) groups is 1. The topological polar surface area (TPSA) is 41.1 Å². The van der Waals surface area contributed by atoms with Crippen molar-refractivity contribution in [2.45, 2.75) is 65.0 Å². The standard InChI is InChI=1S/C13H26N2O/c1-10(2)6-7-11(3)15-12-5-4-8-14-13(16)9-12/h10-12,15H,4-9H2,1-3H3,(H,14,16). The van der Waals surface area contributed by atoms with Gasteiger partial charge in [0.25, 0.3) is 0 Å². The fourth-order valence-electron chi connectivity index (χ4n) is 2.19. The van der Waals surface area contributed by atoms with E-state index in [0.717, 1.165) is 25.3 Å². The fraction of sp³-hybridized carbons (Fsp3) is 0.923. The Labute approximate surface area is 99.4 Å². The third-order valence-corrected chi connectivity index (χ3v) is 3.18. The predicted octanol–water partition coefficient (Wildman–Crippen LogP) is 2.07. The molecule has 1 aliphatic heterocycles. The molecule has 1 aliphatic rings. The summed E-state index contributed by atoms with van der Waals surface area (Å²) in [7, 11) is 0. The van der Waals surface area contributed by atoms with Gasteiger partial charge in [-0.1, -0.05) is 13.8 Å². The highest BCUT2D eigenvalue weighted by Gasteiger charge is 2.18. The average molecular weight is 226 g/mol. The lowest BCUT2D eigenvalue weighted by Gasteiger charge is -2.21. The van der Waals surface area contributed by atoms with E-state index in [9.17, 15) is 4.79 Å². The lowest BCUT2D eigenvalue weighted by Crippen LogP contribution is -2.38. The van der Waals surface area contributed by atoms with Crippen molar-refractivity contribution in [1.29, 1.82) is 0 Å². The highest BCUT2D eigenvalue weighted by atomic mass is 16.1. The third-order valence-electron chi connectivity index (χ3n) is 3.18. The molecule has 3 nitrogen and oxygen atoms in total. The first kappa shape index (κ1) is 13.5. The lowest BCUT2D eigenvalue weighted by atomic mass is 10.0. The quantitative estimate of drug-likeness (QED) is 0.753. The zero-order chi connectivity index (χ0) is 12.0. The van der Waals surface area contributed by atoms with Gasteiger partial charge in [-0.05, 0) is 38.5 Å². The Bertz CT molecular complexity index is 216. The normalized spacial score (nSPS) is 24.0. The molecule has 0 radical (unpaired) electrons. The molecule has 1 amide bonds. The van der Waals surface area contributed by atoms with Crippen molar-refractivity contribution in [3.05, 3.63) is 0 Å². The minimum atomic E-state index is 0.200. The van der Waals surface area contributed by atoms with Gasteiger partial charge in [-0.15, -0.1) is 0 Å². The van der Waals surface area contributed by atoms with Crippen LogP contribution in [-0.4, -0.2) is 24.5 Å². The SMILES string of the molecule is CC(C)CCC(C)NC1CCCNC(=O)C1. The number of amides is 1. The molecule has 0 aromatic heterocycles. The van der Waals surface area contributed by atoms with Crippen LogP contribution in [0.15, 0.2) is 0 Å². The van der Waals surface area contributed by atoms with Gasteiger partial charge < -0.3 is 10.6 Å². The number of rotatable bonds is 5. The van der Waals surface area contributed by atoms with E-state index in [1.807, 2.05) is 0 Å². The molecule has 3 heteroatoms. The molecule has 1 saturated heterocycles. The summed E-state index contributed by atoms with van der Waals surface area (Å²) >= 11 is 0. The number of hydrogen-bond donors (Lipinski definition) is 2. The summed E-state index contributed by atoms with van der Waals surface area (Å²) in [6.45, 7) is 7.58. The van der Waals surface area contributed by atoms with Crippen LogP contribution in [-0.2, 0) is 4.79 Å². The Balaban J connectivity index is 2.25. The highest BCUT2D eigenvalue weighted by molar-refractivity contribution is 5.76. The summed E-state index contributed by atoms with van der Waals surface area (Å²) in [6, 6.07) is 0.906. The van der Waals surface area contributed by atoms with Crippen molar-refractivity contribution in [3.63, 3.8) is 0 Å². The molecule has 0 aromatic rings. The summed E-state index contributed by atoms with van der Waals surface area (Å²) < 4.78 is 0. The van der Waals surface area contributed by atoms with E-state index in [2.05, 4.69) is 31.4 Å². The number of hydrogen-bond acceptors (Lipinski definition) is 2. The van der Waals surface area contributed by atoms with Gasteiger partial charge in [-0.3, -0.25) is 4.79 Å². The van der Waals surface area contributed by atoms with Crippen molar-refractivity contribution >= 4 is 5.91 Å². The number of carbonyl (C=O) groups excluding carboxylic acids is 1. The van der Waals surface area contributed by atoms with E-state index in [4.69, 9.17) is 0 Å². The molecule has 0 bridgehead atoms. The number of nitrogens with one attached hydrogen (secondary N) is 2. The molecule has 94 valence electrons. The van der Waals surface area contributed by atoms with Crippen LogP contribution >= 0.6 is 0 Å². The Morgan fingerprint density at radius 3 is 2.81 bits per heavy atom. The fourth-order valence-corrected chi connectivity index (χ4v) is 2.19. The summed E-state index contributed by atoms with van der Waals surface area (Å²) in [6.07, 6.45) is 5.32. The minimum absolute atomic E-state index is 0.200. The van der Waals surface area contributed by atoms with Crippen LogP contribution < -0.4 is 10.6 Å². The van der Waals surface area contributed by atoms with Crippen LogP contribution in [0.1, 0.15) is 52.9 Å². The molecule has 1 fully saturated rings. The Morgan fingerprint density at radius 1 is 1.38 bits per heavy atom. The Hall–Kier alpha value is -0.570. The van der Waals surface area contributed by atoms with Crippen molar-refractivity contribution in [1.82, 2.24) is 10.6 Å². The third kappa shape index (κ3) is 5.50. The van der Waals surface area contributed by atoms with Gasteiger partial charge in [0.1, 0.15) is 0 Å². The van der Waals surface area contributed by atoms with E-state index in [1.165, 1.54) is 12.8 Å². The highest BCUT2D eigenvalue weighted by Crippen LogP contribution is 2.11. The van der Waals surface area contributed by atoms with Gasteiger partial charge >= 0.3 is 0 Å². The molecule has 0 aliphatic carbocycles. The van der Waals surface area contributed by atoms with Gasteiger partial charge in [0.15, 0.2) is 0 Å². The van der Waals surface area contributed by atoms with Crippen LogP contribution in [0.25, 0.3) is 0 Å². The van der Waals surface area contributed by atoms with Gasteiger partial charge in [-0.2, -0.15) is 0 Å². The molecule has 2 N–H and O–H groups in total. The van der Waals surface area contributed by atoms with Gasteiger partial charge in [0.05, 0.1) is 0 Å². The smallest absolute Gasteiger partial charge is 0.221 e. The van der Waals surface area contributed by atoms with Crippen molar-refractivity contribution < 1.29 is 4.79 Å². The minimum Gasteiger partial charge on any atom is -0.356 e. The summed E-state index contributed by atoms with van der Waals surface area (Å²) in [5.41, 5.74) is 0. The monoisotopic (exact) mass is 226 g/mol. The molecule has 1 heterocycles. The summed E-state index contributed by atoms with van der Waals surface area (Å²) in [4.78, 5) is 11.4.